The van der Waals surface area contributed by atoms with E-state index in [0.717, 1.165) is 76.6 Å². The fourth-order valence-corrected chi connectivity index (χ4v) is 13.9. The fraction of sp³-hybridized carbons (Fsp3) is 0.792. The normalized spacial score (nSPS) is 35.9. The first-order valence-corrected chi connectivity index (χ1v) is 22.0. The third-order valence-electron chi connectivity index (χ3n) is 17.4. The highest BCUT2D eigenvalue weighted by Crippen LogP contribution is 2.77. The van der Waals surface area contributed by atoms with Crippen LogP contribution in [-0.4, -0.2) is 77.4 Å². The first-order valence-electron chi connectivity index (χ1n) is 22.0. The Morgan fingerprint density at radius 1 is 0.929 bits per heavy atom. The number of nitrogens with zero attached hydrogens (tertiary/aromatic N) is 3. The van der Waals surface area contributed by atoms with Gasteiger partial charge >= 0.3 is 11.9 Å². The van der Waals surface area contributed by atoms with Gasteiger partial charge in [-0.15, -0.1) is 0 Å². The van der Waals surface area contributed by atoms with Gasteiger partial charge in [-0.05, 0) is 156 Å². The highest BCUT2D eigenvalue weighted by atomic mass is 16.5. The predicted molar refractivity (Wildman–Crippen MR) is 223 cm³/mol. The molecule has 0 amide bonds. The van der Waals surface area contributed by atoms with E-state index >= 15 is 0 Å². The number of rotatable bonds is 13. The molecule has 1 unspecified atom stereocenters. The Labute approximate surface area is 339 Å². The minimum absolute atomic E-state index is 0.0741. The first kappa shape index (κ1) is 43.0. The summed E-state index contributed by atoms with van der Waals surface area (Å²) in [4.78, 5) is 48.6. The average molecular weight is 774 g/mol. The lowest BCUT2D eigenvalue weighted by Gasteiger charge is -2.72. The van der Waals surface area contributed by atoms with Crippen molar-refractivity contribution in [3.05, 3.63) is 41.2 Å². The lowest BCUT2D eigenvalue weighted by Crippen LogP contribution is -2.65. The van der Waals surface area contributed by atoms with Crippen molar-refractivity contribution in [2.45, 2.75) is 152 Å². The summed E-state index contributed by atoms with van der Waals surface area (Å²) in [5, 5.41) is 9.65. The Morgan fingerprint density at radius 2 is 1.64 bits per heavy atom. The summed E-state index contributed by atoms with van der Waals surface area (Å²) in [7, 11) is 4.30. The van der Waals surface area contributed by atoms with E-state index in [2.05, 4.69) is 90.3 Å². The van der Waals surface area contributed by atoms with Crippen molar-refractivity contribution in [2.75, 3.05) is 33.7 Å². The molecule has 4 fully saturated rings. The molecule has 312 valence electrons. The van der Waals surface area contributed by atoms with Crippen molar-refractivity contribution >= 4 is 17.7 Å². The molecule has 4 saturated carbocycles. The molecule has 0 saturated heterocycles. The van der Waals surface area contributed by atoms with Crippen LogP contribution < -0.4 is 0 Å². The molecule has 0 bridgehead atoms. The smallest absolute Gasteiger partial charge is 0.309 e. The molecule has 56 heavy (non-hydrogen) atoms. The van der Waals surface area contributed by atoms with E-state index in [1.165, 1.54) is 12.0 Å². The van der Waals surface area contributed by atoms with Gasteiger partial charge in [-0.2, -0.15) is 0 Å². The van der Waals surface area contributed by atoms with Crippen LogP contribution in [0.2, 0.25) is 0 Å². The number of Topliss-reactive ketones (excluding diaryl/α,β-unsaturated/α-hetero) is 1. The molecule has 6 rings (SSSR count). The van der Waals surface area contributed by atoms with Crippen molar-refractivity contribution in [3.63, 3.8) is 0 Å². The number of aliphatic carboxylic acids is 1. The van der Waals surface area contributed by atoms with E-state index in [4.69, 9.17) is 4.74 Å². The molecular weight excluding hydrogens is 699 g/mol. The number of likely N-dealkylation sites (N-methyl/N-ethyl adjacent to an activating group) is 1. The van der Waals surface area contributed by atoms with E-state index in [9.17, 15) is 19.5 Å². The lowest BCUT2D eigenvalue weighted by atomic mass is 9.33. The molecule has 5 aliphatic rings. The lowest BCUT2D eigenvalue weighted by molar-refractivity contribution is -0.233. The topological polar surface area (TPSA) is 100 Å². The number of esters is 1. The number of allylic oxidation sites excluding steroid dienone is 2. The minimum atomic E-state index is -1.15. The second kappa shape index (κ2) is 15.2. The Balaban J connectivity index is 1.27. The molecule has 8 heteroatoms. The van der Waals surface area contributed by atoms with Crippen LogP contribution in [0, 0.1) is 56.2 Å². The number of carboxylic acids is 1. The van der Waals surface area contributed by atoms with E-state index in [1.807, 2.05) is 18.5 Å². The number of aromatic nitrogens is 1. The van der Waals surface area contributed by atoms with Crippen molar-refractivity contribution in [1.82, 2.24) is 14.8 Å². The van der Waals surface area contributed by atoms with Crippen LogP contribution in [0.25, 0.3) is 0 Å². The molecule has 1 heterocycles. The number of fused-ring (bicyclic) bond motifs is 7. The molecule has 8 nitrogen and oxygen atoms in total. The Morgan fingerprint density at radius 3 is 2.27 bits per heavy atom. The van der Waals surface area contributed by atoms with Crippen molar-refractivity contribution in [3.8, 4) is 0 Å². The molecule has 1 N–H and O–H groups in total. The summed E-state index contributed by atoms with van der Waals surface area (Å²) in [5.41, 5.74) is 2.86. The van der Waals surface area contributed by atoms with Gasteiger partial charge in [-0.25, -0.2) is 0 Å². The number of carboxylic acid groups (broad SMARTS) is 1. The van der Waals surface area contributed by atoms with Gasteiger partial charge in [0.05, 0.1) is 11.8 Å². The third-order valence-corrected chi connectivity index (χ3v) is 17.4. The summed E-state index contributed by atoms with van der Waals surface area (Å²) in [6, 6.07) is 4.48. The molecule has 1 aromatic rings. The van der Waals surface area contributed by atoms with Gasteiger partial charge in [0.2, 0.25) is 0 Å². The van der Waals surface area contributed by atoms with Crippen LogP contribution in [0.5, 0.6) is 0 Å². The largest absolute Gasteiger partial charge is 0.481 e. The van der Waals surface area contributed by atoms with E-state index in [0.29, 0.717) is 30.0 Å². The van der Waals surface area contributed by atoms with Crippen LogP contribution in [0.3, 0.4) is 0 Å². The molecule has 9 atom stereocenters. The molecule has 0 aliphatic heterocycles. The number of hydrogen-bond donors (Lipinski definition) is 1. The van der Waals surface area contributed by atoms with Gasteiger partial charge in [0.1, 0.15) is 6.10 Å². The minimum Gasteiger partial charge on any atom is -0.481 e. The van der Waals surface area contributed by atoms with Crippen LogP contribution >= 0.6 is 0 Å². The van der Waals surface area contributed by atoms with Crippen molar-refractivity contribution in [1.29, 1.82) is 0 Å². The predicted octanol–water partition coefficient (Wildman–Crippen LogP) is 9.79. The summed E-state index contributed by atoms with van der Waals surface area (Å²) >= 11 is 0. The van der Waals surface area contributed by atoms with Crippen LogP contribution in [0.1, 0.15) is 151 Å². The molecule has 1 aromatic heterocycles. The molecule has 0 spiro atoms. The first-order chi connectivity index (χ1) is 26.0. The van der Waals surface area contributed by atoms with Gasteiger partial charge < -0.3 is 14.7 Å². The van der Waals surface area contributed by atoms with Gasteiger partial charge in [0, 0.05) is 48.8 Å². The zero-order chi connectivity index (χ0) is 41.2. The van der Waals surface area contributed by atoms with E-state index < -0.39 is 17.4 Å². The molecule has 0 aromatic carbocycles. The Kier molecular flexibility index (Phi) is 11.7. The highest BCUT2D eigenvalue weighted by Gasteiger charge is 2.70. The molecular formula is C48H75N3O5. The number of ether oxygens (including phenoxy) is 1. The summed E-state index contributed by atoms with van der Waals surface area (Å²) < 4.78 is 6.21. The number of carbonyl (C=O) groups excluding carboxylic acids is 2. The number of hydrogen-bond acceptors (Lipinski definition) is 7. The third kappa shape index (κ3) is 7.13. The number of ketones is 1. The highest BCUT2D eigenvalue weighted by molar-refractivity contribution is 6.00. The van der Waals surface area contributed by atoms with E-state index in [1.54, 1.807) is 19.4 Å². The van der Waals surface area contributed by atoms with Gasteiger partial charge in [-0.3, -0.25) is 24.3 Å². The monoisotopic (exact) mass is 774 g/mol. The average Bonchev–Trinajstić information content (AvgIpc) is 3.41. The Bertz CT molecular complexity index is 1680. The molecule has 0 radical (unpaired) electrons. The maximum atomic E-state index is 14.3. The fourth-order valence-electron chi connectivity index (χ4n) is 13.9. The SMILES string of the molecule is CC(C)C1=C2[C@H]3CCC4[C@@]5(C)CC[C@H](OC(=O)CC(C)(C)C(=O)O)C(C)(C)[C@@H]5CC[C@@]4(C)[C@]3(C)CC[C@@]2(CCN(CCN(C)C)[C@H](C)c2cccnc2)CC1=O. The Hall–Kier alpha value is -2.58. The summed E-state index contributed by atoms with van der Waals surface area (Å²) in [6.07, 6.45) is 13.8. The number of carbonyl (C=O) groups is 3. The quantitative estimate of drug-likeness (QED) is 0.198. The van der Waals surface area contributed by atoms with Crippen molar-refractivity contribution in [2.24, 2.45) is 56.2 Å². The maximum absolute atomic E-state index is 14.3. The van der Waals surface area contributed by atoms with Crippen LogP contribution in [0.4, 0.5) is 0 Å². The van der Waals surface area contributed by atoms with Crippen LogP contribution in [-0.2, 0) is 19.1 Å². The van der Waals surface area contributed by atoms with Gasteiger partial charge in [0.25, 0.3) is 0 Å². The molecule has 5 aliphatic carbocycles. The zero-order valence-corrected chi connectivity index (χ0v) is 37.1. The van der Waals surface area contributed by atoms with Crippen LogP contribution in [0.15, 0.2) is 35.7 Å². The second-order valence-electron chi connectivity index (χ2n) is 21.7. The standard InChI is InChI=1S/C48H75N3O5/c1-31(2)40-35(52)28-48(23-25-51(27-26-50(11)12)32(3)33-14-13-24-49-30-33)22-21-46(9)34(41(40)48)15-16-37-45(8)19-18-38(56-39(53)29-43(4,5)42(54)55)44(6,7)36(45)17-20-47(37,46)10/h13-14,24,30-32,34,36-38H,15-23,25-29H2,1-12H3,(H,54,55)/t32-,34-,36+,37?,38+,45+,46-,47-,48-/m1/s1. The summed E-state index contributed by atoms with van der Waals surface area (Å²) in [5.74, 6) is 0.621. The maximum Gasteiger partial charge on any atom is 0.309 e. The number of pyridine rings is 1. The second-order valence-corrected chi connectivity index (χ2v) is 21.7. The van der Waals surface area contributed by atoms with Crippen molar-refractivity contribution < 1.29 is 24.2 Å². The summed E-state index contributed by atoms with van der Waals surface area (Å²) in [6.45, 7) is 25.4. The van der Waals surface area contributed by atoms with Gasteiger partial charge in [-0.1, -0.05) is 60.1 Å². The zero-order valence-electron chi connectivity index (χ0n) is 37.1. The van der Waals surface area contributed by atoms with Gasteiger partial charge in [0.15, 0.2) is 5.78 Å². The van der Waals surface area contributed by atoms with E-state index in [-0.39, 0.29) is 51.6 Å².